The molecular weight excluding hydrogens is 284 g/mol. The SMILES string of the molecule is C=Cc1ccc(C(C)OC(=O)c2ccc3ccccc3c2)cc1. The van der Waals surface area contributed by atoms with Crippen molar-refractivity contribution >= 4 is 22.8 Å². The van der Waals surface area contributed by atoms with E-state index in [2.05, 4.69) is 6.58 Å². The van der Waals surface area contributed by atoms with Crippen molar-refractivity contribution < 1.29 is 9.53 Å². The molecule has 0 saturated heterocycles. The molecule has 3 aromatic rings. The molecule has 0 radical (unpaired) electrons. The minimum atomic E-state index is -0.309. The van der Waals surface area contributed by atoms with Crippen LogP contribution in [0.5, 0.6) is 0 Å². The zero-order valence-corrected chi connectivity index (χ0v) is 13.0. The van der Waals surface area contributed by atoms with Crippen molar-refractivity contribution in [1.82, 2.24) is 0 Å². The molecule has 0 aromatic heterocycles. The zero-order valence-electron chi connectivity index (χ0n) is 13.0. The number of ether oxygens (including phenoxy) is 1. The highest BCUT2D eigenvalue weighted by Crippen LogP contribution is 2.21. The Balaban J connectivity index is 1.77. The van der Waals surface area contributed by atoms with Crippen molar-refractivity contribution in [3.8, 4) is 0 Å². The molecule has 0 aliphatic heterocycles. The molecule has 0 amide bonds. The first-order valence-corrected chi connectivity index (χ1v) is 7.59. The number of esters is 1. The fraction of sp³-hybridized carbons (Fsp3) is 0.0952. The minimum Gasteiger partial charge on any atom is -0.454 e. The highest BCUT2D eigenvalue weighted by atomic mass is 16.5. The Labute approximate surface area is 136 Å². The van der Waals surface area contributed by atoms with Gasteiger partial charge in [0.25, 0.3) is 0 Å². The molecule has 0 fully saturated rings. The van der Waals surface area contributed by atoms with Gasteiger partial charge in [-0.3, -0.25) is 0 Å². The van der Waals surface area contributed by atoms with E-state index in [4.69, 9.17) is 4.74 Å². The Morgan fingerprint density at radius 3 is 2.39 bits per heavy atom. The maximum absolute atomic E-state index is 12.4. The van der Waals surface area contributed by atoms with Gasteiger partial charge in [0.15, 0.2) is 0 Å². The van der Waals surface area contributed by atoms with Crippen LogP contribution in [0.15, 0.2) is 73.3 Å². The van der Waals surface area contributed by atoms with Gasteiger partial charge < -0.3 is 4.74 Å². The Hall–Kier alpha value is -2.87. The van der Waals surface area contributed by atoms with E-state index in [9.17, 15) is 4.79 Å². The second-order valence-corrected chi connectivity index (χ2v) is 5.48. The zero-order chi connectivity index (χ0) is 16.2. The molecule has 23 heavy (non-hydrogen) atoms. The van der Waals surface area contributed by atoms with Crippen LogP contribution in [0.2, 0.25) is 0 Å². The minimum absolute atomic E-state index is 0.298. The molecule has 0 spiro atoms. The van der Waals surface area contributed by atoms with Crippen LogP contribution >= 0.6 is 0 Å². The molecule has 1 atom stereocenters. The third-order valence-corrected chi connectivity index (χ3v) is 3.91. The molecule has 2 heteroatoms. The van der Waals surface area contributed by atoms with Crippen LogP contribution < -0.4 is 0 Å². The number of carbonyl (C=O) groups is 1. The number of rotatable bonds is 4. The quantitative estimate of drug-likeness (QED) is 0.603. The normalized spacial score (nSPS) is 11.9. The fourth-order valence-electron chi connectivity index (χ4n) is 2.52. The molecule has 3 aromatic carbocycles. The average molecular weight is 302 g/mol. The van der Waals surface area contributed by atoms with E-state index in [0.29, 0.717) is 5.56 Å². The van der Waals surface area contributed by atoms with Crippen molar-refractivity contribution in [1.29, 1.82) is 0 Å². The maximum Gasteiger partial charge on any atom is 0.338 e. The van der Waals surface area contributed by atoms with Crippen molar-refractivity contribution in [2.45, 2.75) is 13.0 Å². The fourth-order valence-corrected chi connectivity index (χ4v) is 2.52. The first-order valence-electron chi connectivity index (χ1n) is 7.59. The summed E-state index contributed by atoms with van der Waals surface area (Å²) in [6.45, 7) is 5.61. The Bertz CT molecular complexity index is 847. The van der Waals surface area contributed by atoms with Crippen molar-refractivity contribution in [3.63, 3.8) is 0 Å². The summed E-state index contributed by atoms with van der Waals surface area (Å²) in [6.07, 6.45) is 1.49. The van der Waals surface area contributed by atoms with Gasteiger partial charge in [0.2, 0.25) is 0 Å². The number of hydrogen-bond acceptors (Lipinski definition) is 2. The highest BCUT2D eigenvalue weighted by molar-refractivity contribution is 5.95. The molecule has 2 nitrogen and oxygen atoms in total. The topological polar surface area (TPSA) is 26.3 Å². The first kappa shape index (κ1) is 15.0. The van der Waals surface area contributed by atoms with Crippen LogP contribution in [0.25, 0.3) is 16.8 Å². The lowest BCUT2D eigenvalue weighted by Gasteiger charge is -2.14. The second-order valence-electron chi connectivity index (χ2n) is 5.48. The largest absolute Gasteiger partial charge is 0.454 e. The van der Waals surface area contributed by atoms with E-state index in [-0.39, 0.29) is 12.1 Å². The van der Waals surface area contributed by atoms with Crippen LogP contribution in [0, 0.1) is 0 Å². The van der Waals surface area contributed by atoms with Gasteiger partial charge in [-0.25, -0.2) is 4.79 Å². The van der Waals surface area contributed by atoms with Crippen LogP contribution in [-0.4, -0.2) is 5.97 Å². The molecule has 0 aliphatic carbocycles. The van der Waals surface area contributed by atoms with Gasteiger partial charge in [0.1, 0.15) is 6.10 Å². The molecule has 0 heterocycles. The van der Waals surface area contributed by atoms with Crippen LogP contribution in [-0.2, 0) is 4.74 Å². The third-order valence-electron chi connectivity index (χ3n) is 3.91. The van der Waals surface area contributed by atoms with Gasteiger partial charge in [-0.05, 0) is 41.0 Å². The average Bonchev–Trinajstić information content (AvgIpc) is 2.61. The maximum atomic E-state index is 12.4. The lowest BCUT2D eigenvalue weighted by molar-refractivity contribution is 0.0338. The molecular formula is C21H18O2. The Morgan fingerprint density at radius 1 is 1.00 bits per heavy atom. The predicted octanol–water partition coefficient (Wildman–Crippen LogP) is 5.40. The summed E-state index contributed by atoms with van der Waals surface area (Å²) in [7, 11) is 0. The predicted molar refractivity (Wildman–Crippen MR) is 94.3 cm³/mol. The van der Waals surface area contributed by atoms with E-state index < -0.39 is 0 Å². The molecule has 0 aliphatic rings. The van der Waals surface area contributed by atoms with E-state index in [0.717, 1.165) is 21.9 Å². The molecule has 3 rings (SSSR count). The van der Waals surface area contributed by atoms with Gasteiger partial charge in [0.05, 0.1) is 5.56 Å². The number of benzene rings is 3. The summed E-state index contributed by atoms with van der Waals surface area (Å²) in [5.41, 5.74) is 2.57. The van der Waals surface area contributed by atoms with E-state index in [1.165, 1.54) is 0 Å². The van der Waals surface area contributed by atoms with Gasteiger partial charge in [-0.1, -0.05) is 67.3 Å². The van der Waals surface area contributed by atoms with Crippen molar-refractivity contribution in [2.75, 3.05) is 0 Å². The lowest BCUT2D eigenvalue weighted by atomic mass is 10.1. The summed E-state index contributed by atoms with van der Waals surface area (Å²) in [5.74, 6) is -0.309. The molecule has 0 saturated carbocycles. The summed E-state index contributed by atoms with van der Waals surface area (Å²) in [5, 5.41) is 2.14. The van der Waals surface area contributed by atoms with Crippen molar-refractivity contribution in [3.05, 3.63) is 90.0 Å². The van der Waals surface area contributed by atoms with E-state index in [1.54, 1.807) is 12.1 Å². The van der Waals surface area contributed by atoms with Crippen LogP contribution in [0.4, 0.5) is 0 Å². The molecule has 0 bridgehead atoms. The third kappa shape index (κ3) is 3.32. The second kappa shape index (κ2) is 6.49. The lowest BCUT2D eigenvalue weighted by Crippen LogP contribution is -2.09. The summed E-state index contributed by atoms with van der Waals surface area (Å²) < 4.78 is 5.58. The van der Waals surface area contributed by atoms with Crippen LogP contribution in [0.1, 0.15) is 34.5 Å². The smallest absolute Gasteiger partial charge is 0.338 e. The summed E-state index contributed by atoms with van der Waals surface area (Å²) in [6, 6.07) is 21.4. The monoisotopic (exact) mass is 302 g/mol. The van der Waals surface area contributed by atoms with Crippen molar-refractivity contribution in [2.24, 2.45) is 0 Å². The Morgan fingerprint density at radius 2 is 1.70 bits per heavy atom. The van der Waals surface area contributed by atoms with Crippen LogP contribution in [0.3, 0.4) is 0 Å². The number of carbonyl (C=O) groups excluding carboxylic acids is 1. The summed E-state index contributed by atoms with van der Waals surface area (Å²) >= 11 is 0. The Kier molecular flexibility index (Phi) is 4.24. The standard InChI is InChI=1S/C21H18O2/c1-3-16-8-10-17(11-9-16)15(2)23-21(22)20-13-12-18-6-4-5-7-19(18)14-20/h3-15H,1H2,2H3. The van der Waals surface area contributed by atoms with E-state index in [1.807, 2.05) is 67.6 Å². The first-order chi connectivity index (χ1) is 11.2. The van der Waals surface area contributed by atoms with Gasteiger partial charge in [0, 0.05) is 0 Å². The molecule has 0 N–H and O–H groups in total. The summed E-state index contributed by atoms with van der Waals surface area (Å²) in [4.78, 5) is 12.4. The van der Waals surface area contributed by atoms with Gasteiger partial charge >= 0.3 is 5.97 Å². The van der Waals surface area contributed by atoms with Gasteiger partial charge in [-0.2, -0.15) is 0 Å². The van der Waals surface area contributed by atoms with Gasteiger partial charge in [-0.15, -0.1) is 0 Å². The number of fused-ring (bicyclic) bond motifs is 1. The highest BCUT2D eigenvalue weighted by Gasteiger charge is 2.14. The van der Waals surface area contributed by atoms with E-state index >= 15 is 0 Å². The number of hydrogen-bond donors (Lipinski definition) is 0. The molecule has 114 valence electrons. The molecule has 1 unspecified atom stereocenters.